The molecule has 0 aliphatic carbocycles. The van der Waals surface area contributed by atoms with Crippen molar-refractivity contribution in [2.45, 2.75) is 51.8 Å². The Hall–Kier alpha value is -1.30. The van der Waals surface area contributed by atoms with Crippen molar-refractivity contribution in [2.24, 2.45) is 5.92 Å². The summed E-state index contributed by atoms with van der Waals surface area (Å²) in [5.74, 6) is -0.0234. The predicted molar refractivity (Wildman–Crippen MR) is 73.3 cm³/mol. The molecule has 20 heavy (non-hydrogen) atoms. The first-order chi connectivity index (χ1) is 9.33. The topological polar surface area (TPSA) is 67.9 Å². The molecule has 0 bridgehead atoms. The zero-order chi connectivity index (χ0) is 14.9. The van der Waals surface area contributed by atoms with Crippen LogP contribution < -0.4 is 5.32 Å². The summed E-state index contributed by atoms with van der Waals surface area (Å²) in [6, 6.07) is -0.485. The third-order valence-corrected chi connectivity index (χ3v) is 3.69. The Labute approximate surface area is 119 Å². The monoisotopic (exact) mass is 284 g/mol. The molecule has 2 fully saturated rings. The van der Waals surface area contributed by atoms with E-state index in [0.29, 0.717) is 25.5 Å². The average molecular weight is 284 g/mol. The molecule has 114 valence electrons. The van der Waals surface area contributed by atoms with E-state index < -0.39 is 17.7 Å². The second kappa shape index (κ2) is 5.60. The highest BCUT2D eigenvalue weighted by molar-refractivity contribution is 5.82. The Morgan fingerprint density at radius 3 is 2.60 bits per heavy atom. The number of hydrogen-bond acceptors (Lipinski definition) is 5. The molecule has 0 radical (unpaired) electrons. The number of hydrogen-bond donors (Lipinski definition) is 1. The summed E-state index contributed by atoms with van der Waals surface area (Å²) >= 11 is 0. The van der Waals surface area contributed by atoms with Crippen molar-refractivity contribution in [1.29, 1.82) is 0 Å². The van der Waals surface area contributed by atoms with Gasteiger partial charge in [0.1, 0.15) is 11.6 Å². The summed E-state index contributed by atoms with van der Waals surface area (Å²) in [5.41, 5.74) is -0.569. The smallest absolute Gasteiger partial charge is 0.411 e. The largest absolute Gasteiger partial charge is 0.464 e. The van der Waals surface area contributed by atoms with Gasteiger partial charge in [0.25, 0.3) is 0 Å². The predicted octanol–water partition coefficient (Wildman–Crippen LogP) is 1.15. The number of nitrogens with zero attached hydrogens (tertiary/aromatic N) is 1. The van der Waals surface area contributed by atoms with Gasteiger partial charge in [-0.25, -0.2) is 9.59 Å². The maximum Gasteiger partial charge on any atom is 0.411 e. The first-order valence-electron chi connectivity index (χ1n) is 7.22. The van der Waals surface area contributed by atoms with Crippen molar-refractivity contribution in [3.63, 3.8) is 0 Å². The van der Waals surface area contributed by atoms with Gasteiger partial charge in [0.15, 0.2) is 0 Å². The number of carbonyl (C=O) groups is 2. The van der Waals surface area contributed by atoms with Crippen molar-refractivity contribution in [3.05, 3.63) is 0 Å². The molecule has 2 saturated heterocycles. The molecule has 2 aliphatic rings. The molecule has 6 heteroatoms. The number of esters is 1. The van der Waals surface area contributed by atoms with E-state index in [9.17, 15) is 9.59 Å². The molecule has 6 nitrogen and oxygen atoms in total. The standard InChI is InChI=1S/C14H24N2O4/c1-5-19-12(17)10-6-9-7-15-8-11(9)16(10)13(18)20-14(2,3)4/h9-11,15H,5-8H2,1-4H3/t9-,10-,11+/m1/s1. The van der Waals surface area contributed by atoms with Crippen LogP contribution in [-0.2, 0) is 14.3 Å². The van der Waals surface area contributed by atoms with Crippen molar-refractivity contribution < 1.29 is 19.1 Å². The Balaban J connectivity index is 2.15. The van der Waals surface area contributed by atoms with E-state index in [2.05, 4.69) is 5.32 Å². The Morgan fingerprint density at radius 1 is 1.30 bits per heavy atom. The van der Waals surface area contributed by atoms with Gasteiger partial charge in [-0.15, -0.1) is 0 Å². The maximum atomic E-state index is 12.4. The van der Waals surface area contributed by atoms with Crippen molar-refractivity contribution in [3.8, 4) is 0 Å². The Morgan fingerprint density at radius 2 is 2.00 bits per heavy atom. The quantitative estimate of drug-likeness (QED) is 0.770. The van der Waals surface area contributed by atoms with Crippen LogP contribution in [0.25, 0.3) is 0 Å². The third kappa shape index (κ3) is 3.06. The van der Waals surface area contributed by atoms with E-state index >= 15 is 0 Å². The number of rotatable bonds is 2. The fraction of sp³-hybridized carbons (Fsp3) is 0.857. The zero-order valence-electron chi connectivity index (χ0n) is 12.6. The van der Waals surface area contributed by atoms with Crippen LogP contribution in [0.5, 0.6) is 0 Å². The number of carbonyl (C=O) groups excluding carboxylic acids is 2. The third-order valence-electron chi connectivity index (χ3n) is 3.69. The maximum absolute atomic E-state index is 12.4. The van der Waals surface area contributed by atoms with Gasteiger partial charge in [0.05, 0.1) is 12.6 Å². The van der Waals surface area contributed by atoms with Gasteiger partial charge in [0, 0.05) is 13.1 Å². The number of ether oxygens (including phenoxy) is 2. The van der Waals surface area contributed by atoms with Crippen LogP contribution in [0.2, 0.25) is 0 Å². The molecule has 0 unspecified atom stereocenters. The number of nitrogens with one attached hydrogen (secondary N) is 1. The normalized spacial score (nSPS) is 29.2. The highest BCUT2D eigenvalue weighted by Crippen LogP contribution is 2.34. The molecule has 2 rings (SSSR count). The van der Waals surface area contributed by atoms with Crippen LogP contribution in [-0.4, -0.2) is 54.3 Å². The minimum Gasteiger partial charge on any atom is -0.464 e. The van der Waals surface area contributed by atoms with Gasteiger partial charge in [0.2, 0.25) is 0 Å². The lowest BCUT2D eigenvalue weighted by atomic mass is 10.0. The fourth-order valence-electron chi connectivity index (χ4n) is 2.94. The van der Waals surface area contributed by atoms with E-state index in [1.54, 1.807) is 11.8 Å². The van der Waals surface area contributed by atoms with Gasteiger partial charge < -0.3 is 14.8 Å². The van der Waals surface area contributed by atoms with Crippen LogP contribution in [0.4, 0.5) is 4.79 Å². The highest BCUT2D eigenvalue weighted by Gasteiger charge is 2.50. The van der Waals surface area contributed by atoms with E-state index in [1.165, 1.54) is 0 Å². The molecule has 0 saturated carbocycles. The van der Waals surface area contributed by atoms with Crippen molar-refractivity contribution >= 4 is 12.1 Å². The molecule has 0 aromatic heterocycles. The van der Waals surface area contributed by atoms with E-state index in [0.717, 1.165) is 6.54 Å². The summed E-state index contributed by atoms with van der Waals surface area (Å²) in [4.78, 5) is 26.0. The SMILES string of the molecule is CCOC(=O)[C@H]1C[C@@H]2CNC[C@@H]2N1C(=O)OC(C)(C)C. The fourth-order valence-corrected chi connectivity index (χ4v) is 2.94. The van der Waals surface area contributed by atoms with Crippen LogP contribution in [0.1, 0.15) is 34.1 Å². The van der Waals surface area contributed by atoms with Crippen molar-refractivity contribution in [1.82, 2.24) is 10.2 Å². The molecule has 1 amide bonds. The summed E-state index contributed by atoms with van der Waals surface area (Å²) in [6.45, 7) is 9.11. The highest BCUT2D eigenvalue weighted by atomic mass is 16.6. The van der Waals surface area contributed by atoms with Gasteiger partial charge in [-0.05, 0) is 40.0 Å². The molecule has 1 N–H and O–H groups in total. The van der Waals surface area contributed by atoms with E-state index in [1.807, 2.05) is 20.8 Å². The van der Waals surface area contributed by atoms with Gasteiger partial charge in [-0.3, -0.25) is 4.90 Å². The Kier molecular flexibility index (Phi) is 4.22. The summed E-state index contributed by atoms with van der Waals surface area (Å²) < 4.78 is 10.5. The molecule has 0 aromatic carbocycles. The lowest BCUT2D eigenvalue weighted by molar-refractivity contribution is -0.148. The zero-order valence-corrected chi connectivity index (χ0v) is 12.6. The van der Waals surface area contributed by atoms with E-state index in [-0.39, 0.29) is 12.0 Å². The summed E-state index contributed by atoms with van der Waals surface area (Å²) in [7, 11) is 0. The van der Waals surface area contributed by atoms with E-state index in [4.69, 9.17) is 9.47 Å². The number of likely N-dealkylation sites (tertiary alicyclic amines) is 1. The molecular formula is C14H24N2O4. The van der Waals surface area contributed by atoms with Gasteiger partial charge >= 0.3 is 12.1 Å². The average Bonchev–Trinajstić information content (AvgIpc) is 2.84. The molecular weight excluding hydrogens is 260 g/mol. The number of fused-ring (bicyclic) bond motifs is 1. The number of amides is 1. The summed E-state index contributed by atoms with van der Waals surface area (Å²) in [6.07, 6.45) is 0.224. The summed E-state index contributed by atoms with van der Waals surface area (Å²) in [5, 5.41) is 3.26. The lowest BCUT2D eigenvalue weighted by Gasteiger charge is -2.31. The molecule has 0 spiro atoms. The van der Waals surface area contributed by atoms with Gasteiger partial charge in [-0.2, -0.15) is 0 Å². The van der Waals surface area contributed by atoms with Crippen LogP contribution >= 0.6 is 0 Å². The minimum atomic E-state index is -0.569. The molecule has 0 aromatic rings. The van der Waals surface area contributed by atoms with Crippen LogP contribution in [0.3, 0.4) is 0 Å². The minimum absolute atomic E-state index is 0.0271. The second-order valence-electron chi connectivity index (χ2n) is 6.38. The van der Waals surface area contributed by atoms with Gasteiger partial charge in [-0.1, -0.05) is 0 Å². The second-order valence-corrected chi connectivity index (χ2v) is 6.38. The molecule has 3 atom stereocenters. The first kappa shape index (κ1) is 15.1. The first-order valence-corrected chi connectivity index (χ1v) is 7.22. The Bertz CT molecular complexity index is 391. The molecule has 2 heterocycles. The van der Waals surface area contributed by atoms with Crippen LogP contribution in [0.15, 0.2) is 0 Å². The van der Waals surface area contributed by atoms with Crippen LogP contribution in [0, 0.1) is 5.92 Å². The van der Waals surface area contributed by atoms with Crippen molar-refractivity contribution in [2.75, 3.05) is 19.7 Å². The molecule has 2 aliphatic heterocycles. The lowest BCUT2D eigenvalue weighted by Crippen LogP contribution is -2.49.